The van der Waals surface area contributed by atoms with Gasteiger partial charge in [-0.1, -0.05) is 39.5 Å². The highest BCUT2D eigenvalue weighted by atomic mass is 16.6. The van der Waals surface area contributed by atoms with E-state index in [2.05, 4.69) is 10.3 Å². The van der Waals surface area contributed by atoms with Crippen molar-refractivity contribution in [3.8, 4) is 5.75 Å². The van der Waals surface area contributed by atoms with Gasteiger partial charge in [0, 0.05) is 12.3 Å². The van der Waals surface area contributed by atoms with Gasteiger partial charge in [0.2, 0.25) is 5.43 Å². The minimum atomic E-state index is -1.41. The Morgan fingerprint density at radius 1 is 1.20 bits per heavy atom. The number of carbonyl (C=O) groups excluding carboxylic acids is 4. The first kappa shape index (κ1) is 26.2. The second kappa shape index (κ2) is 11.4. The van der Waals surface area contributed by atoms with Crippen molar-refractivity contribution in [2.75, 3.05) is 6.61 Å². The van der Waals surface area contributed by atoms with Crippen molar-refractivity contribution in [3.63, 3.8) is 0 Å². The number of pyridine rings is 1. The number of hydrogen-bond donors (Lipinski definition) is 3. The van der Waals surface area contributed by atoms with E-state index in [4.69, 9.17) is 14.2 Å². The Kier molecular flexibility index (Phi) is 8.52. The van der Waals surface area contributed by atoms with Crippen LogP contribution in [0.3, 0.4) is 0 Å². The topological polar surface area (TPSA) is 161 Å². The molecule has 192 valence electrons. The minimum absolute atomic E-state index is 0.254. The van der Waals surface area contributed by atoms with Gasteiger partial charge in [0.15, 0.2) is 23.6 Å². The number of aromatic hydroxyl groups is 1. The molecule has 1 amide bonds. The molecule has 0 aromatic carbocycles. The number of esters is 3. The molecule has 2 aliphatic rings. The monoisotopic (exact) mass is 492 g/mol. The molecule has 35 heavy (non-hydrogen) atoms. The van der Waals surface area contributed by atoms with E-state index >= 15 is 0 Å². The summed E-state index contributed by atoms with van der Waals surface area (Å²) >= 11 is 0. The highest BCUT2D eigenvalue weighted by Crippen LogP contribution is 2.34. The Hall–Kier alpha value is -3.37. The minimum Gasteiger partial charge on any atom is -0.503 e. The van der Waals surface area contributed by atoms with Crippen LogP contribution in [0, 0.1) is 17.8 Å². The molecule has 1 aromatic rings. The summed E-state index contributed by atoms with van der Waals surface area (Å²) in [6, 6.07) is -0.379. The summed E-state index contributed by atoms with van der Waals surface area (Å²) in [5.74, 6) is -4.92. The molecule has 3 rings (SSSR count). The first-order chi connectivity index (χ1) is 16.6. The fourth-order valence-corrected chi connectivity index (χ4v) is 4.39. The van der Waals surface area contributed by atoms with Crippen molar-refractivity contribution in [2.45, 2.75) is 71.1 Å². The zero-order valence-corrected chi connectivity index (χ0v) is 20.1. The van der Waals surface area contributed by atoms with Crippen molar-refractivity contribution in [1.29, 1.82) is 0 Å². The van der Waals surface area contributed by atoms with Gasteiger partial charge in [-0.05, 0) is 19.3 Å². The van der Waals surface area contributed by atoms with Crippen LogP contribution in [0.5, 0.6) is 5.75 Å². The SMILES string of the molecule is CC(C)C(=O)O[C@H]1C(C)OC(=O)[C@@H](NC(=O)c2[nH]ccc(=O)c2O)COC(=O)C1CC1CCCC1. The van der Waals surface area contributed by atoms with Crippen molar-refractivity contribution < 1.29 is 38.5 Å². The number of rotatable bonds is 6. The molecule has 0 bridgehead atoms. The Bertz CT molecular complexity index is 1010. The highest BCUT2D eigenvalue weighted by molar-refractivity contribution is 5.97. The fourth-order valence-electron chi connectivity index (χ4n) is 4.39. The Morgan fingerprint density at radius 2 is 1.89 bits per heavy atom. The summed E-state index contributed by atoms with van der Waals surface area (Å²) in [5, 5.41) is 12.2. The van der Waals surface area contributed by atoms with Crippen molar-refractivity contribution in [3.05, 3.63) is 28.2 Å². The lowest BCUT2D eigenvalue weighted by Gasteiger charge is -2.31. The van der Waals surface area contributed by atoms with Gasteiger partial charge in [-0.15, -0.1) is 0 Å². The van der Waals surface area contributed by atoms with Gasteiger partial charge < -0.3 is 29.6 Å². The van der Waals surface area contributed by atoms with E-state index in [0.29, 0.717) is 6.42 Å². The van der Waals surface area contributed by atoms with Crippen LogP contribution in [0.15, 0.2) is 17.1 Å². The van der Waals surface area contributed by atoms with Crippen LogP contribution in [-0.4, -0.2) is 58.8 Å². The molecule has 1 saturated carbocycles. The first-order valence-electron chi connectivity index (χ1n) is 11.9. The zero-order valence-electron chi connectivity index (χ0n) is 20.1. The molecule has 1 saturated heterocycles. The Balaban J connectivity index is 1.83. The van der Waals surface area contributed by atoms with E-state index in [1.807, 2.05) is 0 Å². The second-order valence-corrected chi connectivity index (χ2v) is 9.41. The maximum atomic E-state index is 13.1. The number of nitrogens with one attached hydrogen (secondary N) is 2. The lowest BCUT2D eigenvalue weighted by Crippen LogP contribution is -2.47. The average Bonchev–Trinajstić information content (AvgIpc) is 3.33. The third-order valence-corrected chi connectivity index (χ3v) is 6.39. The van der Waals surface area contributed by atoms with Gasteiger partial charge in [-0.25, -0.2) is 4.79 Å². The van der Waals surface area contributed by atoms with Crippen LogP contribution in [0.2, 0.25) is 0 Å². The lowest BCUT2D eigenvalue weighted by molar-refractivity contribution is -0.177. The molecule has 2 heterocycles. The zero-order chi connectivity index (χ0) is 25.7. The maximum Gasteiger partial charge on any atom is 0.332 e. The lowest BCUT2D eigenvalue weighted by atomic mass is 9.87. The number of cyclic esters (lactones) is 2. The standard InChI is InChI=1S/C24H32N2O9/c1-12(2)22(30)35-20-13(3)34-24(32)16(26-21(29)18-19(28)17(27)8-9-25-18)11-33-23(31)15(20)10-14-6-4-5-7-14/h8-9,12-16,20,28H,4-7,10-11H2,1-3H3,(H,25,27)(H,26,29)/t13?,15?,16-,20-/m0/s1. The molecule has 11 nitrogen and oxygen atoms in total. The quantitative estimate of drug-likeness (QED) is 0.394. The Labute approximate surface area is 202 Å². The largest absolute Gasteiger partial charge is 0.503 e. The van der Waals surface area contributed by atoms with E-state index in [-0.39, 0.29) is 5.92 Å². The number of hydrogen-bond acceptors (Lipinski definition) is 9. The molecule has 2 unspecified atom stereocenters. The molecular weight excluding hydrogens is 460 g/mol. The number of ether oxygens (including phenoxy) is 3. The average molecular weight is 493 g/mol. The van der Waals surface area contributed by atoms with Gasteiger partial charge in [0.1, 0.15) is 12.7 Å². The van der Waals surface area contributed by atoms with E-state index in [1.165, 1.54) is 13.1 Å². The third-order valence-electron chi connectivity index (χ3n) is 6.39. The van der Waals surface area contributed by atoms with Crippen LogP contribution in [0.25, 0.3) is 0 Å². The number of aromatic amines is 1. The van der Waals surface area contributed by atoms with E-state index in [1.54, 1.807) is 13.8 Å². The first-order valence-corrected chi connectivity index (χ1v) is 11.9. The normalized spacial score (nSPS) is 25.7. The van der Waals surface area contributed by atoms with E-state index in [0.717, 1.165) is 31.7 Å². The van der Waals surface area contributed by atoms with Crippen LogP contribution >= 0.6 is 0 Å². The Morgan fingerprint density at radius 3 is 2.54 bits per heavy atom. The van der Waals surface area contributed by atoms with Crippen LogP contribution in [-0.2, 0) is 28.6 Å². The number of carbonyl (C=O) groups is 4. The predicted molar refractivity (Wildman–Crippen MR) is 121 cm³/mol. The predicted octanol–water partition coefficient (Wildman–Crippen LogP) is 1.43. The summed E-state index contributed by atoms with van der Waals surface area (Å²) in [4.78, 5) is 65.1. The molecule has 4 atom stereocenters. The summed E-state index contributed by atoms with van der Waals surface area (Å²) in [7, 11) is 0. The molecule has 1 aromatic heterocycles. The van der Waals surface area contributed by atoms with Crippen LogP contribution in [0.4, 0.5) is 0 Å². The molecular formula is C24H32N2O9. The van der Waals surface area contributed by atoms with Gasteiger partial charge >= 0.3 is 17.9 Å². The summed E-state index contributed by atoms with van der Waals surface area (Å²) in [6.45, 7) is 4.32. The number of H-pyrrole nitrogens is 1. The molecule has 1 aliphatic heterocycles. The number of aromatic nitrogens is 1. The highest BCUT2D eigenvalue weighted by Gasteiger charge is 2.43. The summed E-state index contributed by atoms with van der Waals surface area (Å²) < 4.78 is 16.5. The maximum absolute atomic E-state index is 13.1. The number of amides is 1. The van der Waals surface area contributed by atoms with Crippen molar-refractivity contribution in [1.82, 2.24) is 10.3 Å². The summed E-state index contributed by atoms with van der Waals surface area (Å²) in [6.07, 6.45) is 3.54. The van der Waals surface area contributed by atoms with Crippen LogP contribution in [0.1, 0.15) is 63.4 Å². The smallest absolute Gasteiger partial charge is 0.332 e. The molecule has 1 aliphatic carbocycles. The second-order valence-electron chi connectivity index (χ2n) is 9.41. The van der Waals surface area contributed by atoms with E-state index in [9.17, 15) is 29.1 Å². The molecule has 2 fully saturated rings. The van der Waals surface area contributed by atoms with Crippen molar-refractivity contribution >= 4 is 23.8 Å². The fraction of sp³-hybridized carbons (Fsp3) is 0.625. The van der Waals surface area contributed by atoms with Crippen molar-refractivity contribution in [2.24, 2.45) is 17.8 Å². The van der Waals surface area contributed by atoms with Gasteiger partial charge in [0.25, 0.3) is 5.91 Å². The molecule has 11 heteroatoms. The van der Waals surface area contributed by atoms with E-state index < -0.39 is 77.4 Å². The molecule has 0 spiro atoms. The third kappa shape index (κ3) is 6.40. The summed E-state index contributed by atoms with van der Waals surface area (Å²) in [5.41, 5.74) is -1.23. The molecule has 0 radical (unpaired) electrons. The molecule has 3 N–H and O–H groups in total. The van der Waals surface area contributed by atoms with Gasteiger partial charge in [-0.2, -0.15) is 0 Å². The van der Waals surface area contributed by atoms with Gasteiger partial charge in [0.05, 0.1) is 11.8 Å². The van der Waals surface area contributed by atoms with Gasteiger partial charge in [-0.3, -0.25) is 19.2 Å². The van der Waals surface area contributed by atoms with Crippen LogP contribution < -0.4 is 10.7 Å².